The molecule has 8 heteroatoms. The van der Waals surface area contributed by atoms with Crippen LogP contribution >= 0.6 is 0 Å². The molecule has 0 aromatic carbocycles. The SMILES string of the molecule is [Mg+2].[OH-].[OH-].[OH-].[OH-].[OH-].[OH-].[Sn+4]. The van der Waals surface area contributed by atoms with E-state index < -0.39 is 0 Å². The summed E-state index contributed by atoms with van der Waals surface area (Å²) in [4.78, 5) is 0. The van der Waals surface area contributed by atoms with Crippen molar-refractivity contribution in [3.8, 4) is 0 Å². The van der Waals surface area contributed by atoms with Gasteiger partial charge in [0, 0.05) is 0 Å². The summed E-state index contributed by atoms with van der Waals surface area (Å²) in [7, 11) is 0. The summed E-state index contributed by atoms with van der Waals surface area (Å²) in [5, 5.41) is 0. The van der Waals surface area contributed by atoms with Gasteiger partial charge in [-0.25, -0.2) is 0 Å². The maximum atomic E-state index is 0. The molecule has 0 atom stereocenters. The standard InChI is InChI=1S/Mg.6H2O.Sn/h;6*1H2;/q+2;;;;;;;+4/p-6. The first kappa shape index (κ1) is 368. The molecule has 0 aromatic rings. The molecule has 6 N–H and O–H groups in total. The second-order valence-electron chi connectivity index (χ2n) is 0. The first-order chi connectivity index (χ1) is 0. The number of hydrogen-bond donors (Lipinski definition) is 0. The average molecular weight is 245 g/mol. The van der Waals surface area contributed by atoms with Crippen LogP contribution in [0, 0.1) is 0 Å². The fraction of sp³-hybridized carbons (Fsp3) is 0. The van der Waals surface area contributed by atoms with Crippen molar-refractivity contribution in [3.05, 3.63) is 0 Å². The Bertz CT molecular complexity index is 8.49. The Hall–Kier alpha value is 1.32. The third kappa shape index (κ3) is 167. The molecule has 48 valence electrons. The van der Waals surface area contributed by atoms with Gasteiger partial charge in [-0.05, 0) is 0 Å². The molecule has 0 aliphatic rings. The molecule has 0 spiro atoms. The fourth-order valence-corrected chi connectivity index (χ4v) is 0. The second-order valence-corrected chi connectivity index (χ2v) is 0. The van der Waals surface area contributed by atoms with Gasteiger partial charge in [0.15, 0.2) is 0 Å². The van der Waals surface area contributed by atoms with Gasteiger partial charge in [0.1, 0.15) is 0 Å². The molecule has 0 aromatic heterocycles. The topological polar surface area (TPSA) is 180 Å². The van der Waals surface area contributed by atoms with Gasteiger partial charge in [-0.1, -0.05) is 0 Å². The summed E-state index contributed by atoms with van der Waals surface area (Å²) in [5.74, 6) is 0. The van der Waals surface area contributed by atoms with Crippen molar-refractivity contribution in [2.24, 2.45) is 0 Å². The minimum Gasteiger partial charge on any atom is -0.870 e. The van der Waals surface area contributed by atoms with Crippen molar-refractivity contribution in [3.63, 3.8) is 0 Å². The molecule has 0 saturated heterocycles. The van der Waals surface area contributed by atoms with E-state index in [4.69, 9.17) is 0 Å². The zero-order chi connectivity index (χ0) is 0. The summed E-state index contributed by atoms with van der Waals surface area (Å²) < 4.78 is 0. The van der Waals surface area contributed by atoms with Crippen molar-refractivity contribution in [1.82, 2.24) is 0 Å². The molecule has 0 unspecified atom stereocenters. The molecule has 0 rings (SSSR count). The monoisotopic (exact) mass is 246 g/mol. The maximum Gasteiger partial charge on any atom is 4.00 e. The summed E-state index contributed by atoms with van der Waals surface area (Å²) in [6.07, 6.45) is 0. The van der Waals surface area contributed by atoms with Crippen LogP contribution in [-0.2, 0) is 0 Å². The van der Waals surface area contributed by atoms with Crippen molar-refractivity contribution in [1.29, 1.82) is 0 Å². The second kappa shape index (κ2) is 254. The zero-order valence-electron chi connectivity index (χ0n) is 3.89. The molecule has 0 saturated carbocycles. The van der Waals surface area contributed by atoms with Crippen molar-refractivity contribution >= 4 is 47.0 Å². The first-order valence-corrected chi connectivity index (χ1v) is 0. The van der Waals surface area contributed by atoms with Gasteiger partial charge >= 0.3 is 47.0 Å². The van der Waals surface area contributed by atoms with Gasteiger partial charge < -0.3 is 32.9 Å². The van der Waals surface area contributed by atoms with E-state index in [1.165, 1.54) is 0 Å². The smallest absolute Gasteiger partial charge is 0.870 e. The van der Waals surface area contributed by atoms with Crippen molar-refractivity contribution in [2.75, 3.05) is 0 Å². The van der Waals surface area contributed by atoms with E-state index >= 15 is 0 Å². The first-order valence-electron chi connectivity index (χ1n) is 0. The van der Waals surface area contributed by atoms with E-state index in [9.17, 15) is 0 Å². The third-order valence-electron chi connectivity index (χ3n) is 0. The molecule has 0 amide bonds. The molecule has 0 aliphatic heterocycles. The molecule has 0 heterocycles. The maximum absolute atomic E-state index is 0. The summed E-state index contributed by atoms with van der Waals surface area (Å²) >= 11 is 0. The molecule has 0 aliphatic carbocycles. The van der Waals surface area contributed by atoms with Crippen LogP contribution in [0.2, 0.25) is 0 Å². The van der Waals surface area contributed by atoms with Gasteiger partial charge in [-0.15, -0.1) is 0 Å². The average Bonchev–Trinajstić information content (AvgIpc) is 0. The predicted octanol–water partition coefficient (Wildman–Crippen LogP) is -1.82. The Morgan fingerprint density at radius 2 is 0.375 bits per heavy atom. The van der Waals surface area contributed by atoms with Crippen LogP contribution in [0.1, 0.15) is 0 Å². The van der Waals surface area contributed by atoms with Crippen LogP contribution in [0.4, 0.5) is 0 Å². The van der Waals surface area contributed by atoms with E-state index in [1.807, 2.05) is 0 Å². The van der Waals surface area contributed by atoms with Crippen LogP contribution in [0.25, 0.3) is 0 Å². The molecule has 0 fully saturated rings. The van der Waals surface area contributed by atoms with Gasteiger partial charge in [0.05, 0.1) is 0 Å². The molecule has 6 nitrogen and oxygen atoms in total. The van der Waals surface area contributed by atoms with E-state index in [2.05, 4.69) is 0 Å². The van der Waals surface area contributed by atoms with Gasteiger partial charge in [-0.3, -0.25) is 0 Å². The largest absolute Gasteiger partial charge is 4.00 e. The summed E-state index contributed by atoms with van der Waals surface area (Å²) in [5.41, 5.74) is 0. The summed E-state index contributed by atoms with van der Waals surface area (Å²) in [6, 6.07) is 0. The molecule has 8 heavy (non-hydrogen) atoms. The quantitative estimate of drug-likeness (QED) is 0.452. The van der Waals surface area contributed by atoms with Crippen LogP contribution in [0.15, 0.2) is 0 Å². The number of hydrogen-bond acceptors (Lipinski definition) is 6. The van der Waals surface area contributed by atoms with Crippen LogP contribution in [-0.4, -0.2) is 79.8 Å². The normalized spacial score (nSPS) is 0. The van der Waals surface area contributed by atoms with Crippen molar-refractivity contribution < 1.29 is 32.9 Å². The predicted molar refractivity (Wildman–Crippen MR) is 23.1 cm³/mol. The third-order valence-corrected chi connectivity index (χ3v) is 0. The minimum atomic E-state index is 0. The van der Waals surface area contributed by atoms with Gasteiger partial charge in [0.2, 0.25) is 0 Å². The van der Waals surface area contributed by atoms with E-state index in [1.54, 1.807) is 0 Å². The Labute approximate surface area is 79.6 Å². The van der Waals surface area contributed by atoms with Crippen LogP contribution in [0.5, 0.6) is 0 Å². The Balaban J connectivity index is 0. The fourth-order valence-electron chi connectivity index (χ4n) is 0. The van der Waals surface area contributed by atoms with E-state index in [0.717, 1.165) is 0 Å². The van der Waals surface area contributed by atoms with E-state index in [-0.39, 0.29) is 79.8 Å². The molecule has 0 radical (unpaired) electrons. The Kier molecular flexibility index (Phi) is 11700. The van der Waals surface area contributed by atoms with Crippen LogP contribution in [0.3, 0.4) is 0 Å². The van der Waals surface area contributed by atoms with Gasteiger partial charge in [0.25, 0.3) is 0 Å². The Morgan fingerprint density at radius 1 is 0.375 bits per heavy atom. The molecular weight excluding hydrogens is 239 g/mol. The molecular formula is H6MgO6Sn. The summed E-state index contributed by atoms with van der Waals surface area (Å²) in [6.45, 7) is 0. The van der Waals surface area contributed by atoms with Crippen LogP contribution < -0.4 is 0 Å². The zero-order valence-corrected chi connectivity index (χ0v) is 8.16. The van der Waals surface area contributed by atoms with Gasteiger partial charge in [-0.2, -0.15) is 0 Å². The molecule has 0 bridgehead atoms. The van der Waals surface area contributed by atoms with E-state index in [0.29, 0.717) is 0 Å². The number of rotatable bonds is 0. The minimum absolute atomic E-state index is 0. The van der Waals surface area contributed by atoms with Crippen molar-refractivity contribution in [2.45, 2.75) is 0 Å². The Morgan fingerprint density at radius 3 is 0.375 bits per heavy atom.